The Kier molecular flexibility index (Phi) is 7.89. The van der Waals surface area contributed by atoms with Gasteiger partial charge in [0, 0.05) is 11.3 Å². The van der Waals surface area contributed by atoms with Crippen molar-refractivity contribution < 1.29 is 14.3 Å². The van der Waals surface area contributed by atoms with Crippen molar-refractivity contribution in [3.8, 4) is 22.9 Å². The van der Waals surface area contributed by atoms with Crippen LogP contribution in [0.2, 0.25) is 0 Å². The van der Waals surface area contributed by atoms with Crippen LogP contribution in [-0.2, 0) is 11.4 Å². The summed E-state index contributed by atoms with van der Waals surface area (Å²) in [5.74, 6) is 8.11. The SMILES string of the molecule is CC(C)Oc1cccc(-c2nnc(SCC(=O)Nc3ccc(OCc4ccccc4)cc3)n2N)c1. The number of ether oxygens (including phenoxy) is 2. The van der Waals surface area contributed by atoms with Crippen molar-refractivity contribution in [1.82, 2.24) is 14.9 Å². The molecule has 0 fully saturated rings. The summed E-state index contributed by atoms with van der Waals surface area (Å²) in [5, 5.41) is 11.6. The Morgan fingerprint density at radius 3 is 2.51 bits per heavy atom. The number of anilines is 1. The van der Waals surface area contributed by atoms with Crippen molar-refractivity contribution in [2.45, 2.75) is 31.7 Å². The first-order valence-electron chi connectivity index (χ1n) is 11.1. The molecule has 0 spiro atoms. The van der Waals surface area contributed by atoms with Gasteiger partial charge >= 0.3 is 0 Å². The highest BCUT2D eigenvalue weighted by Crippen LogP contribution is 2.25. The number of hydrogen-bond acceptors (Lipinski definition) is 7. The summed E-state index contributed by atoms with van der Waals surface area (Å²) in [6, 6.07) is 24.7. The van der Waals surface area contributed by atoms with Crippen LogP contribution < -0.4 is 20.6 Å². The van der Waals surface area contributed by atoms with Crippen molar-refractivity contribution in [2.24, 2.45) is 0 Å². The summed E-state index contributed by atoms with van der Waals surface area (Å²) in [6.07, 6.45) is 0.0589. The predicted octanol–water partition coefficient (Wildman–Crippen LogP) is 4.76. The number of benzene rings is 3. The van der Waals surface area contributed by atoms with Gasteiger partial charge in [0.05, 0.1) is 11.9 Å². The summed E-state index contributed by atoms with van der Waals surface area (Å²) in [7, 11) is 0. The van der Waals surface area contributed by atoms with Gasteiger partial charge in [-0.25, -0.2) is 4.68 Å². The molecule has 1 heterocycles. The first kappa shape index (κ1) is 24.2. The minimum atomic E-state index is -0.176. The normalized spacial score (nSPS) is 10.8. The van der Waals surface area contributed by atoms with Gasteiger partial charge in [-0.05, 0) is 55.8 Å². The molecule has 3 N–H and O–H groups in total. The van der Waals surface area contributed by atoms with Gasteiger partial charge < -0.3 is 20.6 Å². The van der Waals surface area contributed by atoms with E-state index in [-0.39, 0.29) is 17.8 Å². The molecule has 4 rings (SSSR count). The summed E-state index contributed by atoms with van der Waals surface area (Å²) in [4.78, 5) is 12.4. The standard InChI is InChI=1S/C26H27N5O3S/c1-18(2)34-23-10-6-9-20(15-23)25-29-30-26(31(25)27)35-17-24(32)28-21-11-13-22(14-12-21)33-16-19-7-4-3-5-8-19/h3-15,18H,16-17,27H2,1-2H3,(H,28,32). The van der Waals surface area contributed by atoms with Crippen LogP contribution in [0.4, 0.5) is 5.69 Å². The van der Waals surface area contributed by atoms with Gasteiger partial charge in [0.15, 0.2) is 5.82 Å². The Morgan fingerprint density at radius 1 is 1.00 bits per heavy atom. The van der Waals surface area contributed by atoms with E-state index < -0.39 is 0 Å². The van der Waals surface area contributed by atoms with Crippen molar-refractivity contribution >= 4 is 23.4 Å². The Bertz CT molecular complexity index is 1260. The third-order valence-corrected chi connectivity index (χ3v) is 5.79. The highest BCUT2D eigenvalue weighted by atomic mass is 32.2. The maximum absolute atomic E-state index is 12.4. The van der Waals surface area contributed by atoms with Crippen LogP contribution in [0.25, 0.3) is 11.4 Å². The number of nitrogens with one attached hydrogen (secondary N) is 1. The lowest BCUT2D eigenvalue weighted by Crippen LogP contribution is -2.16. The maximum Gasteiger partial charge on any atom is 0.234 e. The second-order valence-corrected chi connectivity index (χ2v) is 8.95. The molecule has 3 aromatic carbocycles. The van der Waals surface area contributed by atoms with Gasteiger partial charge in [0.1, 0.15) is 18.1 Å². The summed E-state index contributed by atoms with van der Waals surface area (Å²) in [5.41, 5.74) is 2.55. The van der Waals surface area contributed by atoms with E-state index in [1.165, 1.54) is 16.4 Å². The molecular formula is C26H27N5O3S. The largest absolute Gasteiger partial charge is 0.491 e. The van der Waals surface area contributed by atoms with Crippen LogP contribution in [0.5, 0.6) is 11.5 Å². The van der Waals surface area contributed by atoms with Crippen molar-refractivity contribution in [3.05, 3.63) is 84.4 Å². The monoisotopic (exact) mass is 489 g/mol. The molecule has 0 saturated heterocycles. The highest BCUT2D eigenvalue weighted by molar-refractivity contribution is 7.99. The number of carbonyl (C=O) groups excluding carboxylic acids is 1. The topological polar surface area (TPSA) is 104 Å². The first-order valence-corrected chi connectivity index (χ1v) is 12.1. The fourth-order valence-electron chi connectivity index (χ4n) is 3.26. The van der Waals surface area contributed by atoms with Gasteiger partial charge in [-0.1, -0.05) is 54.2 Å². The van der Waals surface area contributed by atoms with Crippen molar-refractivity contribution in [1.29, 1.82) is 0 Å². The smallest absolute Gasteiger partial charge is 0.234 e. The molecule has 0 radical (unpaired) electrons. The molecule has 0 aliphatic carbocycles. The van der Waals surface area contributed by atoms with E-state index in [2.05, 4.69) is 15.5 Å². The lowest BCUT2D eigenvalue weighted by molar-refractivity contribution is -0.113. The Balaban J connectivity index is 1.29. The molecule has 1 aromatic heterocycles. The maximum atomic E-state index is 12.4. The quantitative estimate of drug-likeness (QED) is 0.245. The molecule has 180 valence electrons. The number of hydrogen-bond donors (Lipinski definition) is 2. The van der Waals surface area contributed by atoms with E-state index in [1.807, 2.05) is 80.6 Å². The van der Waals surface area contributed by atoms with E-state index in [4.69, 9.17) is 15.3 Å². The number of rotatable bonds is 10. The van der Waals surface area contributed by atoms with Crippen LogP contribution in [0.3, 0.4) is 0 Å². The zero-order valence-corrected chi connectivity index (χ0v) is 20.4. The number of thioether (sulfide) groups is 1. The van der Waals surface area contributed by atoms with Crippen LogP contribution in [0.15, 0.2) is 84.0 Å². The minimum absolute atomic E-state index is 0.0589. The van der Waals surface area contributed by atoms with Crippen molar-refractivity contribution in [2.75, 3.05) is 16.9 Å². The molecule has 9 heteroatoms. The molecule has 0 aliphatic heterocycles. The van der Waals surface area contributed by atoms with Crippen LogP contribution in [0.1, 0.15) is 19.4 Å². The second kappa shape index (κ2) is 11.4. The molecule has 0 bridgehead atoms. The minimum Gasteiger partial charge on any atom is -0.491 e. The van der Waals surface area contributed by atoms with Crippen LogP contribution in [0, 0.1) is 0 Å². The van der Waals surface area contributed by atoms with Gasteiger partial charge in [0.2, 0.25) is 11.1 Å². The molecule has 0 aliphatic rings. The lowest BCUT2D eigenvalue weighted by Gasteiger charge is -2.10. The predicted molar refractivity (Wildman–Crippen MR) is 138 cm³/mol. The summed E-state index contributed by atoms with van der Waals surface area (Å²) >= 11 is 1.21. The Morgan fingerprint density at radius 2 is 1.77 bits per heavy atom. The lowest BCUT2D eigenvalue weighted by atomic mass is 10.2. The zero-order valence-electron chi connectivity index (χ0n) is 19.5. The summed E-state index contributed by atoms with van der Waals surface area (Å²) in [6.45, 7) is 4.41. The number of amides is 1. The molecule has 4 aromatic rings. The molecule has 35 heavy (non-hydrogen) atoms. The van der Waals surface area contributed by atoms with Gasteiger partial charge in [-0.3, -0.25) is 4.79 Å². The number of carbonyl (C=O) groups is 1. The van der Waals surface area contributed by atoms with Gasteiger partial charge in [-0.2, -0.15) is 0 Å². The third kappa shape index (κ3) is 6.77. The molecular weight excluding hydrogens is 462 g/mol. The zero-order chi connectivity index (χ0) is 24.6. The third-order valence-electron chi connectivity index (χ3n) is 4.85. The number of nitrogens with zero attached hydrogens (tertiary/aromatic N) is 3. The fourth-order valence-corrected chi connectivity index (χ4v) is 3.91. The Hall–Kier alpha value is -3.98. The Labute approximate surface area is 208 Å². The first-order chi connectivity index (χ1) is 17.0. The van der Waals surface area contributed by atoms with Gasteiger partial charge in [-0.15, -0.1) is 10.2 Å². The molecule has 8 nitrogen and oxygen atoms in total. The molecule has 0 atom stereocenters. The van der Waals surface area contributed by atoms with E-state index in [0.717, 1.165) is 22.6 Å². The summed E-state index contributed by atoms with van der Waals surface area (Å²) < 4.78 is 12.9. The van der Waals surface area contributed by atoms with E-state index >= 15 is 0 Å². The number of nitrogens with two attached hydrogens (primary N) is 1. The van der Waals surface area contributed by atoms with Crippen LogP contribution >= 0.6 is 11.8 Å². The van der Waals surface area contributed by atoms with Crippen molar-refractivity contribution in [3.63, 3.8) is 0 Å². The van der Waals surface area contributed by atoms with Crippen LogP contribution in [-0.4, -0.2) is 32.6 Å². The molecule has 0 saturated carbocycles. The van der Waals surface area contributed by atoms with Gasteiger partial charge in [0.25, 0.3) is 0 Å². The molecule has 0 unspecified atom stereocenters. The number of aromatic nitrogens is 3. The average Bonchev–Trinajstić information content (AvgIpc) is 3.23. The van der Waals surface area contributed by atoms with E-state index in [1.54, 1.807) is 12.1 Å². The average molecular weight is 490 g/mol. The fraction of sp³-hybridized carbons (Fsp3) is 0.192. The molecule has 1 amide bonds. The number of nitrogen functional groups attached to an aromatic ring is 1. The van der Waals surface area contributed by atoms with E-state index in [0.29, 0.717) is 23.3 Å². The highest BCUT2D eigenvalue weighted by Gasteiger charge is 2.15. The van der Waals surface area contributed by atoms with E-state index in [9.17, 15) is 4.79 Å². The second-order valence-electron chi connectivity index (χ2n) is 8.01.